The Morgan fingerprint density at radius 3 is 2.05 bits per heavy atom. The summed E-state index contributed by atoms with van der Waals surface area (Å²) in [4.78, 5) is 13.2. The number of nitrogens with zero attached hydrogens (tertiary/aromatic N) is 1. The van der Waals surface area contributed by atoms with Gasteiger partial charge in [0.25, 0.3) is 0 Å². The van der Waals surface area contributed by atoms with Gasteiger partial charge in [-0.25, -0.2) is 0 Å². The second kappa shape index (κ2) is 8.80. The number of carbonyl (C=O) groups is 1. The van der Waals surface area contributed by atoms with Crippen molar-refractivity contribution in [1.82, 2.24) is 4.90 Å². The summed E-state index contributed by atoms with van der Waals surface area (Å²) in [6, 6.07) is 0. The predicted octanol–water partition coefficient (Wildman–Crippen LogP) is 2.41. The minimum atomic E-state index is -0.364. The van der Waals surface area contributed by atoms with Crippen molar-refractivity contribution in [1.29, 1.82) is 0 Å². The molecule has 1 aliphatic heterocycles. The summed E-state index contributed by atoms with van der Waals surface area (Å²) < 4.78 is 0. The lowest BCUT2D eigenvalue weighted by Crippen LogP contribution is -2.49. The van der Waals surface area contributed by atoms with Crippen molar-refractivity contribution in [2.24, 2.45) is 17.4 Å². The third-order valence-electron chi connectivity index (χ3n) is 3.61. The van der Waals surface area contributed by atoms with E-state index in [0.29, 0.717) is 5.92 Å². The van der Waals surface area contributed by atoms with Crippen molar-refractivity contribution < 1.29 is 4.79 Å². The Morgan fingerprint density at radius 1 is 1.15 bits per heavy atom. The summed E-state index contributed by atoms with van der Waals surface area (Å²) in [6.07, 6.45) is 6.76. The molecule has 0 radical (unpaired) electrons. The first-order chi connectivity index (χ1) is 9.36. The van der Waals surface area contributed by atoms with E-state index in [1.807, 2.05) is 46.8 Å². The zero-order chi connectivity index (χ0) is 15.8. The minimum Gasteiger partial charge on any atom is -0.402 e. The van der Waals surface area contributed by atoms with Crippen LogP contribution < -0.4 is 11.5 Å². The van der Waals surface area contributed by atoms with E-state index < -0.39 is 0 Å². The Morgan fingerprint density at radius 2 is 1.65 bits per heavy atom. The van der Waals surface area contributed by atoms with Crippen LogP contribution in [-0.2, 0) is 4.79 Å². The van der Waals surface area contributed by atoms with Crippen LogP contribution in [0.4, 0.5) is 0 Å². The summed E-state index contributed by atoms with van der Waals surface area (Å²) in [5.41, 5.74) is 12.9. The molecule has 4 nitrogen and oxygen atoms in total. The van der Waals surface area contributed by atoms with Crippen LogP contribution in [0.1, 0.15) is 47.5 Å². The summed E-state index contributed by atoms with van der Waals surface area (Å²) in [6.45, 7) is 11.6. The van der Waals surface area contributed by atoms with Crippen LogP contribution in [0, 0.1) is 5.92 Å². The van der Waals surface area contributed by atoms with Crippen LogP contribution in [0.5, 0.6) is 0 Å². The molecule has 0 unspecified atom stereocenters. The van der Waals surface area contributed by atoms with Crippen LogP contribution in [0.15, 0.2) is 23.5 Å². The molecule has 0 saturated carbocycles. The number of hydrogen-bond acceptors (Lipinski definition) is 4. The van der Waals surface area contributed by atoms with Gasteiger partial charge in [-0.2, -0.15) is 0 Å². The molecule has 1 fully saturated rings. The van der Waals surface area contributed by atoms with Gasteiger partial charge >= 0.3 is 0 Å². The lowest BCUT2D eigenvalue weighted by Gasteiger charge is -2.39. The average molecular weight is 281 g/mol. The van der Waals surface area contributed by atoms with Gasteiger partial charge < -0.3 is 16.3 Å². The van der Waals surface area contributed by atoms with Crippen LogP contribution in [0.3, 0.4) is 0 Å². The number of nitrogens with two attached hydrogens (primary N) is 2. The molecule has 4 heteroatoms. The zero-order valence-corrected chi connectivity index (χ0v) is 13.6. The van der Waals surface area contributed by atoms with Crippen LogP contribution >= 0.6 is 0 Å². The van der Waals surface area contributed by atoms with E-state index in [0.717, 1.165) is 43.6 Å². The van der Waals surface area contributed by atoms with E-state index in [1.54, 1.807) is 0 Å². The second-order valence-corrected chi connectivity index (χ2v) is 5.61. The molecule has 116 valence electrons. The number of hydrogen-bond donors (Lipinski definition) is 2. The van der Waals surface area contributed by atoms with Crippen molar-refractivity contribution in [2.45, 2.75) is 53.0 Å². The highest BCUT2D eigenvalue weighted by Gasteiger charge is 2.30. The summed E-state index contributed by atoms with van der Waals surface area (Å²) >= 11 is 0. The molecule has 0 atom stereocenters. The molecule has 0 bridgehead atoms. The molecule has 0 aromatic heterocycles. The van der Waals surface area contributed by atoms with E-state index in [-0.39, 0.29) is 5.54 Å². The molecule has 4 N–H and O–H groups in total. The van der Waals surface area contributed by atoms with Gasteiger partial charge in [-0.05, 0) is 58.9 Å². The molecule has 0 spiro atoms. The molecular weight excluding hydrogens is 250 g/mol. The van der Waals surface area contributed by atoms with Crippen LogP contribution in [-0.4, -0.2) is 29.8 Å². The smallest absolute Gasteiger partial charge is 0.139 e. The average Bonchev–Trinajstić information content (AvgIpc) is 2.47. The fourth-order valence-corrected chi connectivity index (χ4v) is 2.23. The third-order valence-corrected chi connectivity index (χ3v) is 3.61. The number of rotatable bonds is 4. The summed E-state index contributed by atoms with van der Waals surface area (Å²) in [5, 5.41) is 0. The van der Waals surface area contributed by atoms with E-state index in [9.17, 15) is 4.79 Å². The highest BCUT2D eigenvalue weighted by molar-refractivity contribution is 5.62. The molecule has 0 aromatic rings. The highest BCUT2D eigenvalue weighted by Crippen LogP contribution is 2.26. The van der Waals surface area contributed by atoms with E-state index in [4.69, 9.17) is 11.5 Å². The number of carbonyl (C=O) groups excluding carboxylic acids is 1. The SMILES string of the molecule is C/C(N)=C/C=C(\N)C1CCN(C(C)(C)C=O)CC1.CC. The molecule has 1 heterocycles. The monoisotopic (exact) mass is 281 g/mol. The first-order valence-corrected chi connectivity index (χ1v) is 7.47. The van der Waals surface area contributed by atoms with Crippen LogP contribution in [0.2, 0.25) is 0 Å². The maximum atomic E-state index is 11.0. The zero-order valence-electron chi connectivity index (χ0n) is 13.6. The quantitative estimate of drug-likeness (QED) is 0.613. The number of allylic oxidation sites excluding steroid dienone is 4. The van der Waals surface area contributed by atoms with Crippen molar-refractivity contribution >= 4 is 6.29 Å². The first kappa shape index (κ1) is 18.7. The van der Waals surface area contributed by atoms with Crippen molar-refractivity contribution in [3.8, 4) is 0 Å². The van der Waals surface area contributed by atoms with Crippen molar-refractivity contribution in [2.75, 3.05) is 13.1 Å². The molecule has 1 aliphatic rings. The lowest BCUT2D eigenvalue weighted by molar-refractivity contribution is -0.117. The lowest BCUT2D eigenvalue weighted by atomic mass is 9.90. The number of aldehydes is 1. The van der Waals surface area contributed by atoms with Gasteiger partial charge in [-0.3, -0.25) is 4.90 Å². The predicted molar refractivity (Wildman–Crippen MR) is 86.0 cm³/mol. The van der Waals surface area contributed by atoms with Crippen molar-refractivity contribution in [3.05, 3.63) is 23.5 Å². The summed E-state index contributed by atoms with van der Waals surface area (Å²) in [7, 11) is 0. The Hall–Kier alpha value is -1.29. The van der Waals surface area contributed by atoms with Gasteiger partial charge in [0.05, 0.1) is 5.54 Å². The number of likely N-dealkylation sites (tertiary alicyclic amines) is 1. The highest BCUT2D eigenvalue weighted by atomic mass is 16.1. The Labute approximate surface area is 123 Å². The third kappa shape index (κ3) is 5.78. The first-order valence-electron chi connectivity index (χ1n) is 7.47. The molecule has 0 aromatic carbocycles. The van der Waals surface area contributed by atoms with E-state index in [1.165, 1.54) is 0 Å². The van der Waals surface area contributed by atoms with E-state index >= 15 is 0 Å². The maximum Gasteiger partial charge on any atom is 0.139 e. The maximum absolute atomic E-state index is 11.0. The summed E-state index contributed by atoms with van der Waals surface area (Å²) in [5.74, 6) is 0.402. The molecule has 1 saturated heterocycles. The van der Waals surface area contributed by atoms with Gasteiger partial charge in [0.2, 0.25) is 0 Å². The van der Waals surface area contributed by atoms with Gasteiger partial charge in [0.1, 0.15) is 6.29 Å². The molecule has 1 rings (SSSR count). The molecule has 0 aliphatic carbocycles. The van der Waals surface area contributed by atoms with Crippen molar-refractivity contribution in [3.63, 3.8) is 0 Å². The standard InChI is InChI=1S/C14H25N3O.C2H6/c1-11(15)4-5-13(16)12-6-8-17(9-7-12)14(2,3)10-18;1-2/h4-5,10,12H,6-9,15-16H2,1-3H3;1-2H3/b11-4-,13-5-;. The fourth-order valence-electron chi connectivity index (χ4n) is 2.23. The number of piperidine rings is 1. The van der Waals surface area contributed by atoms with Gasteiger partial charge in [0, 0.05) is 17.3 Å². The van der Waals surface area contributed by atoms with E-state index in [2.05, 4.69) is 4.90 Å². The van der Waals surface area contributed by atoms with Gasteiger partial charge in [0.15, 0.2) is 0 Å². The van der Waals surface area contributed by atoms with Crippen LogP contribution in [0.25, 0.3) is 0 Å². The molecule has 0 amide bonds. The molecular formula is C16H31N3O. The van der Waals surface area contributed by atoms with Gasteiger partial charge in [-0.15, -0.1) is 0 Å². The largest absolute Gasteiger partial charge is 0.402 e. The topological polar surface area (TPSA) is 72.3 Å². The Kier molecular flexibility index (Phi) is 8.23. The Bertz CT molecular complexity index is 347. The minimum absolute atomic E-state index is 0.364. The fraction of sp³-hybridized carbons (Fsp3) is 0.688. The normalized spacial score (nSPS) is 19.2. The van der Waals surface area contributed by atoms with Gasteiger partial charge in [-0.1, -0.05) is 13.8 Å². The second-order valence-electron chi connectivity index (χ2n) is 5.61. The molecule has 20 heavy (non-hydrogen) atoms. The Balaban J connectivity index is 0.00000172.